The molecule has 5 heteroatoms. The number of methoxy groups -OCH3 is 2. The van der Waals surface area contributed by atoms with Crippen molar-refractivity contribution in [2.45, 2.75) is 19.3 Å². The summed E-state index contributed by atoms with van der Waals surface area (Å²) in [5.41, 5.74) is 0.714. The summed E-state index contributed by atoms with van der Waals surface area (Å²) in [6, 6.07) is 4.40. The SMILES string of the molecule is COCCCOC(=O)CCc1cc(F)cc(OC)c1. The molecule has 0 atom stereocenters. The Hall–Kier alpha value is -1.62. The van der Waals surface area contributed by atoms with Gasteiger partial charge >= 0.3 is 5.97 Å². The molecular weight excluding hydrogens is 251 g/mol. The van der Waals surface area contributed by atoms with Crippen LogP contribution in [0, 0.1) is 5.82 Å². The monoisotopic (exact) mass is 270 g/mol. The van der Waals surface area contributed by atoms with Crippen LogP contribution in [0.1, 0.15) is 18.4 Å². The quantitative estimate of drug-likeness (QED) is 0.537. The fraction of sp³-hybridized carbons (Fsp3) is 0.500. The molecule has 0 aromatic heterocycles. The predicted molar refractivity (Wildman–Crippen MR) is 68.7 cm³/mol. The minimum absolute atomic E-state index is 0.222. The third-order valence-electron chi connectivity index (χ3n) is 2.54. The zero-order valence-electron chi connectivity index (χ0n) is 11.3. The van der Waals surface area contributed by atoms with Crippen LogP contribution in [-0.2, 0) is 20.7 Å². The molecule has 4 nitrogen and oxygen atoms in total. The van der Waals surface area contributed by atoms with Crippen LogP contribution >= 0.6 is 0 Å². The molecule has 0 aliphatic rings. The maximum absolute atomic E-state index is 13.2. The third-order valence-corrected chi connectivity index (χ3v) is 2.54. The molecule has 0 saturated heterocycles. The van der Waals surface area contributed by atoms with Crippen molar-refractivity contribution in [2.75, 3.05) is 27.4 Å². The molecule has 0 N–H and O–H groups in total. The van der Waals surface area contributed by atoms with Crippen molar-refractivity contribution >= 4 is 5.97 Å². The summed E-state index contributed by atoms with van der Waals surface area (Å²) in [4.78, 5) is 11.4. The number of esters is 1. The number of halogens is 1. The van der Waals surface area contributed by atoms with E-state index in [4.69, 9.17) is 14.2 Å². The minimum atomic E-state index is -0.372. The van der Waals surface area contributed by atoms with Crippen molar-refractivity contribution in [1.29, 1.82) is 0 Å². The standard InChI is InChI=1S/C14H19FO4/c1-17-6-3-7-19-14(16)5-4-11-8-12(15)10-13(9-11)18-2/h8-10H,3-7H2,1-2H3. The number of hydrogen-bond acceptors (Lipinski definition) is 4. The molecule has 0 amide bonds. The summed E-state index contributed by atoms with van der Waals surface area (Å²) >= 11 is 0. The van der Waals surface area contributed by atoms with Gasteiger partial charge in [0.25, 0.3) is 0 Å². The average molecular weight is 270 g/mol. The van der Waals surface area contributed by atoms with Gasteiger partial charge < -0.3 is 14.2 Å². The van der Waals surface area contributed by atoms with Gasteiger partial charge in [0, 0.05) is 32.6 Å². The first-order valence-electron chi connectivity index (χ1n) is 6.13. The maximum Gasteiger partial charge on any atom is 0.306 e. The molecule has 0 radical (unpaired) electrons. The summed E-state index contributed by atoms with van der Waals surface area (Å²) in [6.07, 6.45) is 1.33. The first kappa shape index (κ1) is 15.4. The Balaban J connectivity index is 2.35. The molecule has 1 aromatic rings. The van der Waals surface area contributed by atoms with Gasteiger partial charge in [0.05, 0.1) is 13.7 Å². The maximum atomic E-state index is 13.2. The van der Waals surface area contributed by atoms with E-state index in [2.05, 4.69) is 0 Å². The van der Waals surface area contributed by atoms with Crippen LogP contribution in [0.5, 0.6) is 5.75 Å². The molecule has 0 unspecified atom stereocenters. The fourth-order valence-corrected chi connectivity index (χ4v) is 1.59. The van der Waals surface area contributed by atoms with Crippen LogP contribution in [0.25, 0.3) is 0 Å². The van der Waals surface area contributed by atoms with Gasteiger partial charge in [-0.15, -0.1) is 0 Å². The molecular formula is C14H19FO4. The molecule has 0 bridgehead atoms. The molecule has 0 aliphatic heterocycles. The number of rotatable bonds is 8. The van der Waals surface area contributed by atoms with Gasteiger partial charge in [-0.25, -0.2) is 4.39 Å². The van der Waals surface area contributed by atoms with E-state index in [9.17, 15) is 9.18 Å². The fourth-order valence-electron chi connectivity index (χ4n) is 1.59. The Morgan fingerprint density at radius 3 is 2.68 bits per heavy atom. The van der Waals surface area contributed by atoms with Gasteiger partial charge in [-0.3, -0.25) is 4.79 Å². The van der Waals surface area contributed by atoms with Gasteiger partial charge in [0.15, 0.2) is 0 Å². The molecule has 0 fully saturated rings. The third kappa shape index (κ3) is 6.20. The molecule has 1 rings (SSSR count). The summed E-state index contributed by atoms with van der Waals surface area (Å²) in [7, 11) is 3.07. The number of carbonyl (C=O) groups excluding carboxylic acids is 1. The lowest BCUT2D eigenvalue weighted by molar-refractivity contribution is -0.143. The highest BCUT2D eigenvalue weighted by Crippen LogP contribution is 2.17. The van der Waals surface area contributed by atoms with Gasteiger partial charge in [-0.05, 0) is 24.1 Å². The molecule has 1 aromatic carbocycles. The second-order valence-corrected chi connectivity index (χ2v) is 4.07. The summed E-state index contributed by atoms with van der Waals surface area (Å²) in [5.74, 6) is -0.217. The van der Waals surface area contributed by atoms with Crippen molar-refractivity contribution in [2.24, 2.45) is 0 Å². The number of aryl methyl sites for hydroxylation is 1. The molecule has 0 heterocycles. The normalized spacial score (nSPS) is 10.3. The Labute approximate surface area is 112 Å². The highest BCUT2D eigenvalue weighted by Gasteiger charge is 2.06. The number of ether oxygens (including phenoxy) is 3. The topological polar surface area (TPSA) is 44.8 Å². The van der Waals surface area contributed by atoms with E-state index in [1.807, 2.05) is 0 Å². The van der Waals surface area contributed by atoms with E-state index < -0.39 is 0 Å². The Morgan fingerprint density at radius 1 is 1.21 bits per heavy atom. The highest BCUT2D eigenvalue weighted by atomic mass is 19.1. The van der Waals surface area contributed by atoms with Crippen LogP contribution in [0.3, 0.4) is 0 Å². The second-order valence-electron chi connectivity index (χ2n) is 4.07. The highest BCUT2D eigenvalue weighted by molar-refractivity contribution is 5.69. The minimum Gasteiger partial charge on any atom is -0.497 e. The van der Waals surface area contributed by atoms with E-state index in [0.29, 0.717) is 37.4 Å². The lowest BCUT2D eigenvalue weighted by atomic mass is 10.1. The summed E-state index contributed by atoms with van der Waals surface area (Å²) in [6.45, 7) is 0.910. The summed E-state index contributed by atoms with van der Waals surface area (Å²) in [5, 5.41) is 0. The lowest BCUT2D eigenvalue weighted by Crippen LogP contribution is -2.08. The van der Waals surface area contributed by atoms with Gasteiger partial charge in [-0.2, -0.15) is 0 Å². The van der Waals surface area contributed by atoms with Crippen LogP contribution in [0.2, 0.25) is 0 Å². The van der Waals surface area contributed by atoms with Gasteiger partial charge in [0.2, 0.25) is 0 Å². The van der Waals surface area contributed by atoms with Crippen molar-refractivity contribution in [3.05, 3.63) is 29.6 Å². The lowest BCUT2D eigenvalue weighted by Gasteiger charge is -2.06. The summed E-state index contributed by atoms with van der Waals surface area (Å²) < 4.78 is 28.0. The first-order chi connectivity index (χ1) is 9.15. The van der Waals surface area contributed by atoms with Crippen molar-refractivity contribution < 1.29 is 23.4 Å². The van der Waals surface area contributed by atoms with Crippen molar-refractivity contribution in [3.8, 4) is 5.75 Å². The Kier molecular flexibility index (Phi) is 6.89. The van der Waals surface area contributed by atoms with Crippen LogP contribution in [0.4, 0.5) is 4.39 Å². The zero-order valence-corrected chi connectivity index (χ0v) is 11.3. The molecule has 0 spiro atoms. The van der Waals surface area contributed by atoms with Crippen molar-refractivity contribution in [1.82, 2.24) is 0 Å². The smallest absolute Gasteiger partial charge is 0.306 e. The molecule has 0 aliphatic carbocycles. The van der Waals surface area contributed by atoms with E-state index in [1.54, 1.807) is 13.2 Å². The molecule has 19 heavy (non-hydrogen) atoms. The number of carbonyl (C=O) groups is 1. The Bertz CT molecular complexity index is 406. The molecule has 106 valence electrons. The Morgan fingerprint density at radius 2 is 2.00 bits per heavy atom. The van der Waals surface area contributed by atoms with Crippen molar-refractivity contribution in [3.63, 3.8) is 0 Å². The average Bonchev–Trinajstić information content (AvgIpc) is 2.40. The van der Waals surface area contributed by atoms with E-state index in [0.717, 1.165) is 0 Å². The van der Waals surface area contributed by atoms with Crippen LogP contribution in [-0.4, -0.2) is 33.4 Å². The van der Waals surface area contributed by atoms with E-state index in [1.165, 1.54) is 19.2 Å². The largest absolute Gasteiger partial charge is 0.497 e. The number of hydrogen-bond donors (Lipinski definition) is 0. The predicted octanol–water partition coefficient (Wildman–Crippen LogP) is 2.35. The van der Waals surface area contributed by atoms with Gasteiger partial charge in [-0.1, -0.05) is 0 Å². The van der Waals surface area contributed by atoms with Gasteiger partial charge in [0.1, 0.15) is 11.6 Å². The van der Waals surface area contributed by atoms with Crippen LogP contribution in [0.15, 0.2) is 18.2 Å². The van der Waals surface area contributed by atoms with Crippen LogP contribution < -0.4 is 4.74 Å². The molecule has 0 saturated carbocycles. The zero-order chi connectivity index (χ0) is 14.1. The number of benzene rings is 1. The van der Waals surface area contributed by atoms with E-state index in [-0.39, 0.29) is 18.2 Å². The van der Waals surface area contributed by atoms with E-state index >= 15 is 0 Å². The second kappa shape index (κ2) is 8.48. The first-order valence-corrected chi connectivity index (χ1v) is 6.13.